The minimum atomic E-state index is -1.51. The zero-order chi connectivity index (χ0) is 27.9. The smallest absolute Gasteiger partial charge is 0.168 e. The first-order valence-electron chi connectivity index (χ1n) is 12.4. The van der Waals surface area contributed by atoms with Gasteiger partial charge in [0.15, 0.2) is 6.23 Å². The molecular formula is C26H29F4N5O4. The van der Waals surface area contributed by atoms with E-state index in [4.69, 9.17) is 19.9 Å². The van der Waals surface area contributed by atoms with E-state index in [0.29, 0.717) is 24.2 Å². The van der Waals surface area contributed by atoms with Gasteiger partial charge < -0.3 is 30.4 Å². The Labute approximate surface area is 221 Å². The lowest BCUT2D eigenvalue weighted by Gasteiger charge is -2.40. The number of rotatable bonds is 7. The number of nitrogens with one attached hydrogen (secondary N) is 1. The van der Waals surface area contributed by atoms with Gasteiger partial charge in [0.25, 0.3) is 0 Å². The zero-order valence-corrected chi connectivity index (χ0v) is 21.3. The first kappa shape index (κ1) is 27.5. The van der Waals surface area contributed by atoms with Crippen LogP contribution in [0.25, 0.3) is 11.3 Å². The van der Waals surface area contributed by atoms with E-state index in [2.05, 4.69) is 15.4 Å². The van der Waals surface area contributed by atoms with Gasteiger partial charge in [-0.2, -0.15) is 5.10 Å². The molecule has 2 aromatic heterocycles. The molecule has 3 aromatic rings. The summed E-state index contributed by atoms with van der Waals surface area (Å²) in [5, 5.41) is 17.9. The van der Waals surface area contributed by atoms with Crippen LogP contribution in [0.4, 0.5) is 23.2 Å². The van der Waals surface area contributed by atoms with E-state index in [-0.39, 0.29) is 31.1 Å². The first-order chi connectivity index (χ1) is 18.6. The number of ether oxygens (including phenoxy) is 3. The Kier molecular flexibility index (Phi) is 7.62. The van der Waals surface area contributed by atoms with Gasteiger partial charge in [0.05, 0.1) is 48.7 Å². The molecule has 0 bridgehead atoms. The lowest BCUT2D eigenvalue weighted by Crippen LogP contribution is -2.48. The molecule has 4 atom stereocenters. The molecule has 0 spiro atoms. The van der Waals surface area contributed by atoms with Crippen molar-refractivity contribution in [1.82, 2.24) is 14.8 Å². The number of benzene rings is 1. The van der Waals surface area contributed by atoms with E-state index >= 15 is 8.78 Å². The predicted octanol–water partition coefficient (Wildman–Crippen LogP) is 3.39. The largest absolute Gasteiger partial charge is 0.375 e. The van der Waals surface area contributed by atoms with Gasteiger partial charge in [0.2, 0.25) is 0 Å². The van der Waals surface area contributed by atoms with Crippen molar-refractivity contribution in [2.24, 2.45) is 12.8 Å². The number of anilines is 1. The van der Waals surface area contributed by atoms with Crippen LogP contribution in [0, 0.1) is 17.5 Å². The molecule has 0 saturated carbocycles. The molecule has 2 saturated heterocycles. The number of hydrogen-bond acceptors (Lipinski definition) is 8. The molecule has 2 aliphatic rings. The SMILES string of the molecule is COC1(c2cc(F)c(-c3nc(C(O)Nc4cnn(C)c4[C@@H]4CC[C@@H](N)[C@H](F)CO4)ccc3F)c(F)c2)COC1. The van der Waals surface area contributed by atoms with Crippen molar-refractivity contribution < 1.29 is 36.9 Å². The number of pyridine rings is 1. The number of aromatic nitrogens is 3. The Bertz CT molecular complexity index is 1310. The average Bonchev–Trinajstić information content (AvgIpc) is 3.14. The third kappa shape index (κ3) is 5.12. The van der Waals surface area contributed by atoms with Gasteiger partial charge in [0.1, 0.15) is 41.0 Å². The second-order valence-electron chi connectivity index (χ2n) is 9.77. The molecule has 0 radical (unpaired) electrons. The summed E-state index contributed by atoms with van der Waals surface area (Å²) in [7, 11) is 3.08. The van der Waals surface area contributed by atoms with Crippen molar-refractivity contribution in [3.05, 3.63) is 64.9 Å². The number of nitrogens with zero attached hydrogens (tertiary/aromatic N) is 3. The standard InChI is InChI=1S/C26H29F4N5O4/c1-35-24(21-6-4-18(31)17(30)10-39-21)20(9-32-35)34-25(36)19-5-3-14(27)23(33-19)22-15(28)7-13(8-16(22)29)26(37-2)11-38-12-26/h3,5,7-9,17-18,21,25,34,36H,4,6,10-12,31H2,1-2H3/t17-,18-,21+,25?/m1/s1. The third-order valence-electron chi connectivity index (χ3n) is 7.28. The molecule has 0 amide bonds. The van der Waals surface area contributed by atoms with E-state index in [9.17, 15) is 13.9 Å². The van der Waals surface area contributed by atoms with Gasteiger partial charge in [-0.1, -0.05) is 0 Å². The summed E-state index contributed by atoms with van der Waals surface area (Å²) in [6.07, 6.45) is -1.11. The highest BCUT2D eigenvalue weighted by atomic mass is 19.1. The van der Waals surface area contributed by atoms with Crippen molar-refractivity contribution in [3.63, 3.8) is 0 Å². The number of aryl methyl sites for hydroxylation is 1. The van der Waals surface area contributed by atoms with Crippen LogP contribution in [0.15, 0.2) is 30.5 Å². The molecule has 2 aliphatic heterocycles. The highest BCUT2D eigenvalue weighted by Gasteiger charge is 2.42. The molecule has 4 heterocycles. The van der Waals surface area contributed by atoms with Crippen LogP contribution < -0.4 is 11.1 Å². The number of hydrogen-bond donors (Lipinski definition) is 3. The van der Waals surface area contributed by atoms with Gasteiger partial charge >= 0.3 is 0 Å². The summed E-state index contributed by atoms with van der Waals surface area (Å²) in [5.74, 6) is -3.05. The Balaban J connectivity index is 1.42. The molecule has 210 valence electrons. The molecule has 1 aromatic carbocycles. The molecule has 2 fully saturated rings. The number of alkyl halides is 1. The molecule has 1 unspecified atom stereocenters. The van der Waals surface area contributed by atoms with Gasteiger partial charge in [-0.3, -0.25) is 4.68 Å². The van der Waals surface area contributed by atoms with Crippen LogP contribution in [-0.4, -0.2) is 59.0 Å². The predicted molar refractivity (Wildman–Crippen MR) is 132 cm³/mol. The van der Waals surface area contributed by atoms with E-state index in [1.807, 2.05) is 0 Å². The first-order valence-corrected chi connectivity index (χ1v) is 12.4. The molecule has 39 heavy (non-hydrogen) atoms. The van der Waals surface area contributed by atoms with Crippen molar-refractivity contribution in [2.45, 2.75) is 43.0 Å². The van der Waals surface area contributed by atoms with Crippen molar-refractivity contribution in [1.29, 1.82) is 0 Å². The van der Waals surface area contributed by atoms with Crippen LogP contribution in [0.5, 0.6) is 0 Å². The van der Waals surface area contributed by atoms with Crippen LogP contribution in [0.1, 0.15) is 42.1 Å². The third-order valence-corrected chi connectivity index (χ3v) is 7.28. The second kappa shape index (κ2) is 10.8. The number of aliphatic hydroxyl groups is 1. The minimum Gasteiger partial charge on any atom is -0.375 e. The van der Waals surface area contributed by atoms with Gasteiger partial charge in [0, 0.05) is 20.2 Å². The summed E-state index contributed by atoms with van der Waals surface area (Å²) in [5.41, 5.74) is 4.59. The van der Waals surface area contributed by atoms with E-state index in [0.717, 1.165) is 18.2 Å². The number of halogens is 4. The quantitative estimate of drug-likeness (QED) is 0.302. The molecule has 9 nitrogen and oxygen atoms in total. The minimum absolute atomic E-state index is 0.0996. The Hall–Kier alpha value is -3.10. The maximum Gasteiger partial charge on any atom is 0.168 e. The van der Waals surface area contributed by atoms with Crippen molar-refractivity contribution in [2.75, 3.05) is 32.2 Å². The maximum atomic E-state index is 15.2. The Morgan fingerprint density at radius 1 is 1.18 bits per heavy atom. The summed E-state index contributed by atoms with van der Waals surface area (Å²) in [4.78, 5) is 4.04. The second-order valence-corrected chi connectivity index (χ2v) is 9.77. The average molecular weight is 552 g/mol. The van der Waals surface area contributed by atoms with Crippen LogP contribution >= 0.6 is 0 Å². The molecule has 13 heteroatoms. The lowest BCUT2D eigenvalue weighted by atomic mass is 9.90. The lowest BCUT2D eigenvalue weighted by molar-refractivity contribution is -0.202. The van der Waals surface area contributed by atoms with Gasteiger partial charge in [-0.05, 0) is 42.7 Å². The topological polar surface area (TPSA) is 117 Å². The Morgan fingerprint density at radius 3 is 2.54 bits per heavy atom. The fourth-order valence-corrected chi connectivity index (χ4v) is 4.85. The van der Waals surface area contributed by atoms with Crippen LogP contribution in [0.3, 0.4) is 0 Å². The summed E-state index contributed by atoms with van der Waals surface area (Å²) in [6.45, 7) is 0.0759. The van der Waals surface area contributed by atoms with Crippen molar-refractivity contribution >= 4 is 5.69 Å². The van der Waals surface area contributed by atoms with E-state index in [1.54, 1.807) is 7.05 Å². The zero-order valence-electron chi connectivity index (χ0n) is 21.3. The molecule has 4 N–H and O–H groups in total. The summed E-state index contributed by atoms with van der Waals surface area (Å²) >= 11 is 0. The highest BCUT2D eigenvalue weighted by Crippen LogP contribution is 2.38. The molecule has 5 rings (SSSR count). The number of methoxy groups -OCH3 is 1. The highest BCUT2D eigenvalue weighted by molar-refractivity contribution is 5.63. The van der Waals surface area contributed by atoms with Crippen LogP contribution in [0.2, 0.25) is 0 Å². The van der Waals surface area contributed by atoms with E-state index < -0.39 is 58.9 Å². The van der Waals surface area contributed by atoms with Crippen LogP contribution in [-0.2, 0) is 26.9 Å². The number of aliphatic hydroxyl groups excluding tert-OH is 1. The monoisotopic (exact) mass is 551 g/mol. The van der Waals surface area contributed by atoms with Gasteiger partial charge in [-0.25, -0.2) is 22.5 Å². The number of nitrogens with two attached hydrogens (primary N) is 1. The molecular weight excluding hydrogens is 522 g/mol. The fourth-order valence-electron chi connectivity index (χ4n) is 4.85. The van der Waals surface area contributed by atoms with E-state index in [1.165, 1.54) is 24.1 Å². The fraction of sp³-hybridized carbons (Fsp3) is 0.462. The molecule has 0 aliphatic carbocycles. The summed E-state index contributed by atoms with van der Waals surface area (Å²) < 4.78 is 76.9. The normalized spacial score (nSPS) is 23.6. The van der Waals surface area contributed by atoms with Crippen molar-refractivity contribution in [3.8, 4) is 11.3 Å². The van der Waals surface area contributed by atoms with Gasteiger partial charge in [-0.15, -0.1) is 0 Å². The maximum absolute atomic E-state index is 15.2. The summed E-state index contributed by atoms with van der Waals surface area (Å²) in [6, 6.07) is 3.64. The Morgan fingerprint density at radius 2 is 1.90 bits per heavy atom.